The fourth-order valence-corrected chi connectivity index (χ4v) is 7.82. The fourth-order valence-electron chi connectivity index (χ4n) is 7.82. The van der Waals surface area contributed by atoms with Gasteiger partial charge in [0.2, 0.25) is 5.91 Å². The maximum absolute atomic E-state index is 12.3. The van der Waals surface area contributed by atoms with Crippen LogP contribution >= 0.6 is 0 Å². The van der Waals surface area contributed by atoms with Crippen LogP contribution < -0.4 is 4.90 Å². The molecule has 1 aromatic rings. The molecule has 3 aliphatic carbocycles. The molecular formula is C28H38N2O2. The molecule has 4 heteroatoms. The van der Waals surface area contributed by atoms with E-state index in [1.54, 1.807) is 6.08 Å². The third-order valence-electron chi connectivity index (χ3n) is 9.76. The molecule has 172 valence electrons. The first kappa shape index (κ1) is 21.8. The highest BCUT2D eigenvalue weighted by Crippen LogP contribution is 2.65. The molecule has 3 saturated carbocycles. The molecule has 7 atom stereocenters. The van der Waals surface area contributed by atoms with Gasteiger partial charge in [0.1, 0.15) is 0 Å². The smallest absolute Gasteiger partial charge is 0.246 e. The number of hydrogen-bond donors (Lipinski definition) is 1. The molecule has 0 saturated heterocycles. The Hall–Kier alpha value is -2.07. The van der Waals surface area contributed by atoms with Crippen LogP contribution in [-0.2, 0) is 4.79 Å². The summed E-state index contributed by atoms with van der Waals surface area (Å²) in [5.74, 6) is 1.85. The summed E-state index contributed by atoms with van der Waals surface area (Å²) in [6, 6.07) is 8.92. The molecule has 1 amide bonds. The van der Waals surface area contributed by atoms with Crippen molar-refractivity contribution in [3.05, 3.63) is 47.6 Å². The van der Waals surface area contributed by atoms with E-state index in [2.05, 4.69) is 69.3 Å². The van der Waals surface area contributed by atoms with Gasteiger partial charge in [0, 0.05) is 43.7 Å². The molecule has 1 heterocycles. The van der Waals surface area contributed by atoms with E-state index in [1.165, 1.54) is 16.8 Å². The zero-order valence-electron chi connectivity index (χ0n) is 20.2. The van der Waals surface area contributed by atoms with Gasteiger partial charge in [-0.15, -0.1) is 0 Å². The van der Waals surface area contributed by atoms with Crippen LogP contribution in [-0.4, -0.2) is 49.2 Å². The lowest BCUT2D eigenvalue weighted by atomic mass is 9.48. The van der Waals surface area contributed by atoms with Gasteiger partial charge in [-0.2, -0.15) is 0 Å². The minimum atomic E-state index is -0.362. The molecule has 0 bridgehead atoms. The van der Waals surface area contributed by atoms with Gasteiger partial charge < -0.3 is 14.9 Å². The van der Waals surface area contributed by atoms with Gasteiger partial charge in [0.25, 0.3) is 0 Å². The van der Waals surface area contributed by atoms with Gasteiger partial charge in [0.15, 0.2) is 0 Å². The zero-order chi connectivity index (χ0) is 22.8. The lowest BCUT2D eigenvalue weighted by Crippen LogP contribution is -2.59. The second-order valence-corrected chi connectivity index (χ2v) is 11.5. The third-order valence-corrected chi connectivity index (χ3v) is 9.76. The number of nitrogens with zero attached hydrogens (tertiary/aromatic N) is 2. The third kappa shape index (κ3) is 3.09. The van der Waals surface area contributed by atoms with E-state index < -0.39 is 0 Å². The second kappa shape index (κ2) is 7.48. The van der Waals surface area contributed by atoms with Gasteiger partial charge in [-0.3, -0.25) is 4.79 Å². The summed E-state index contributed by atoms with van der Waals surface area (Å²) < 4.78 is 0. The summed E-state index contributed by atoms with van der Waals surface area (Å²) in [4.78, 5) is 16.4. The number of benzene rings is 1. The molecule has 32 heavy (non-hydrogen) atoms. The van der Waals surface area contributed by atoms with Crippen molar-refractivity contribution in [2.75, 3.05) is 26.0 Å². The lowest BCUT2D eigenvalue weighted by molar-refractivity contribution is -0.140. The van der Waals surface area contributed by atoms with Crippen molar-refractivity contribution in [3.8, 4) is 0 Å². The Morgan fingerprint density at radius 1 is 1.09 bits per heavy atom. The van der Waals surface area contributed by atoms with Crippen molar-refractivity contribution in [2.45, 2.75) is 58.1 Å². The molecule has 3 fully saturated rings. The first-order valence-corrected chi connectivity index (χ1v) is 12.3. The van der Waals surface area contributed by atoms with Crippen LogP contribution in [0.4, 0.5) is 5.69 Å². The first-order valence-electron chi connectivity index (χ1n) is 12.3. The Labute approximate surface area is 193 Å². The molecule has 0 radical (unpaired) electrons. The summed E-state index contributed by atoms with van der Waals surface area (Å²) in [7, 11) is 6.09. The van der Waals surface area contributed by atoms with Crippen molar-refractivity contribution >= 4 is 17.7 Å². The number of aliphatic hydroxyl groups excluding tert-OH is 1. The molecule has 0 aromatic heterocycles. The highest BCUT2D eigenvalue weighted by atomic mass is 16.3. The highest BCUT2D eigenvalue weighted by molar-refractivity contribution is 5.89. The molecule has 1 N–H and O–H groups in total. The Morgan fingerprint density at radius 3 is 2.50 bits per heavy atom. The van der Waals surface area contributed by atoms with Crippen molar-refractivity contribution < 1.29 is 9.90 Å². The minimum Gasteiger partial charge on any atom is -0.388 e. The standard InChI is InChI=1S/C28H38N2O2/c1-27-15-13-25(31)30(5)24(27)11-10-21-22(27)12-14-28(2)23(21)17-19(26(28)32)16-18-6-8-20(9-7-18)29(3)4/h6-9,13,15-16,21-24,26,32H,10-12,14,17H2,1-5H3/b19-16+/t21-,22+,23+,24-,26+,27-,28+/m1/s1. The monoisotopic (exact) mass is 434 g/mol. The quantitative estimate of drug-likeness (QED) is 0.731. The highest BCUT2D eigenvalue weighted by Gasteiger charge is 2.61. The average Bonchev–Trinajstić information content (AvgIpc) is 3.02. The Balaban J connectivity index is 1.44. The van der Waals surface area contributed by atoms with Gasteiger partial charge in [0.05, 0.1) is 6.10 Å². The largest absolute Gasteiger partial charge is 0.388 e. The molecular weight excluding hydrogens is 396 g/mol. The van der Waals surface area contributed by atoms with Crippen molar-refractivity contribution in [1.82, 2.24) is 4.90 Å². The Kier molecular flexibility index (Phi) is 5.09. The van der Waals surface area contributed by atoms with Gasteiger partial charge in [-0.05, 0) is 79.2 Å². The van der Waals surface area contributed by atoms with Crippen molar-refractivity contribution in [3.63, 3.8) is 0 Å². The van der Waals surface area contributed by atoms with E-state index in [1.807, 2.05) is 11.9 Å². The zero-order valence-corrected chi connectivity index (χ0v) is 20.2. The summed E-state index contributed by atoms with van der Waals surface area (Å²) in [5.41, 5.74) is 3.58. The number of likely N-dealkylation sites (N-methyl/N-ethyl adjacent to an activating group) is 1. The maximum atomic E-state index is 12.3. The van der Waals surface area contributed by atoms with Gasteiger partial charge >= 0.3 is 0 Å². The van der Waals surface area contributed by atoms with Gasteiger partial charge in [-0.1, -0.05) is 38.1 Å². The van der Waals surface area contributed by atoms with E-state index in [9.17, 15) is 9.90 Å². The number of aliphatic hydroxyl groups is 1. The molecule has 1 aromatic carbocycles. The molecule has 4 aliphatic rings. The number of rotatable bonds is 2. The van der Waals surface area contributed by atoms with E-state index >= 15 is 0 Å². The summed E-state index contributed by atoms with van der Waals surface area (Å²) in [5, 5.41) is 11.5. The summed E-state index contributed by atoms with van der Waals surface area (Å²) in [6.07, 6.45) is 11.3. The topological polar surface area (TPSA) is 43.8 Å². The summed E-state index contributed by atoms with van der Waals surface area (Å²) in [6.45, 7) is 4.71. The normalized spacial score (nSPS) is 41.9. The molecule has 0 spiro atoms. The van der Waals surface area contributed by atoms with Crippen LogP contribution in [0.25, 0.3) is 6.08 Å². The number of amides is 1. The fraction of sp³-hybridized carbons (Fsp3) is 0.607. The predicted molar refractivity (Wildman–Crippen MR) is 130 cm³/mol. The van der Waals surface area contributed by atoms with Crippen LogP contribution in [0.15, 0.2) is 42.0 Å². The number of fused-ring (bicyclic) bond motifs is 5. The number of hydrogen-bond acceptors (Lipinski definition) is 3. The number of carbonyl (C=O) groups excluding carboxylic acids is 1. The van der Waals surface area contributed by atoms with Crippen LogP contribution in [0.3, 0.4) is 0 Å². The van der Waals surface area contributed by atoms with E-state index in [0.29, 0.717) is 23.8 Å². The predicted octanol–water partition coefficient (Wildman–Crippen LogP) is 4.75. The Bertz CT molecular complexity index is 964. The van der Waals surface area contributed by atoms with E-state index in [0.717, 1.165) is 32.1 Å². The number of anilines is 1. The van der Waals surface area contributed by atoms with Crippen molar-refractivity contribution in [2.24, 2.45) is 28.6 Å². The SMILES string of the molecule is CN(C)c1ccc(/C=C2\C[C@H]3[C@@H]4CC[C@H]5N(C)C(=O)C=C[C@]5(C)[C@H]4CC[C@]3(C)[C@H]2O)cc1. The lowest BCUT2D eigenvalue weighted by Gasteiger charge is -2.59. The van der Waals surface area contributed by atoms with Crippen LogP contribution in [0.5, 0.6) is 0 Å². The van der Waals surface area contributed by atoms with Crippen LogP contribution in [0.2, 0.25) is 0 Å². The van der Waals surface area contributed by atoms with Crippen molar-refractivity contribution in [1.29, 1.82) is 0 Å². The second-order valence-electron chi connectivity index (χ2n) is 11.5. The van der Waals surface area contributed by atoms with E-state index in [-0.39, 0.29) is 22.8 Å². The van der Waals surface area contributed by atoms with E-state index in [4.69, 9.17) is 0 Å². The molecule has 5 rings (SSSR count). The maximum Gasteiger partial charge on any atom is 0.246 e. The number of carbonyl (C=O) groups is 1. The average molecular weight is 435 g/mol. The summed E-state index contributed by atoms with van der Waals surface area (Å²) >= 11 is 0. The molecule has 0 unspecified atom stereocenters. The van der Waals surface area contributed by atoms with Crippen LogP contribution in [0.1, 0.15) is 51.5 Å². The minimum absolute atomic E-state index is 0.0418. The first-order chi connectivity index (χ1) is 15.1. The molecule has 4 nitrogen and oxygen atoms in total. The Morgan fingerprint density at radius 2 is 1.81 bits per heavy atom. The van der Waals surface area contributed by atoms with Crippen LogP contribution in [0, 0.1) is 28.6 Å². The van der Waals surface area contributed by atoms with Gasteiger partial charge in [-0.25, -0.2) is 0 Å². The molecule has 1 aliphatic heterocycles.